The highest BCUT2D eigenvalue weighted by Crippen LogP contribution is 2.25. The van der Waals surface area contributed by atoms with Crippen molar-refractivity contribution in [1.82, 2.24) is 4.98 Å². The highest BCUT2D eigenvalue weighted by molar-refractivity contribution is 7.11. The van der Waals surface area contributed by atoms with Gasteiger partial charge in [-0.05, 0) is 30.5 Å². The van der Waals surface area contributed by atoms with Gasteiger partial charge in [-0.3, -0.25) is 0 Å². The molecule has 90 valence electrons. The van der Waals surface area contributed by atoms with Crippen molar-refractivity contribution in [2.75, 3.05) is 5.73 Å². The summed E-state index contributed by atoms with van der Waals surface area (Å²) >= 11 is 1.80. The molecule has 3 heteroatoms. The third-order valence-corrected chi connectivity index (χ3v) is 3.75. The molecule has 0 unspecified atom stereocenters. The lowest BCUT2D eigenvalue weighted by molar-refractivity contribution is 0.817. The lowest BCUT2D eigenvalue weighted by atomic mass is 10.1. The van der Waals surface area contributed by atoms with Crippen LogP contribution < -0.4 is 5.73 Å². The number of aromatic nitrogens is 1. The summed E-state index contributed by atoms with van der Waals surface area (Å²) in [6, 6.07) is 8.03. The predicted octanol–water partition coefficient (Wildman–Crippen LogP) is 3.75. The van der Waals surface area contributed by atoms with Crippen LogP contribution in [0.25, 0.3) is 0 Å². The van der Waals surface area contributed by atoms with Crippen molar-refractivity contribution in [3.8, 4) is 0 Å². The Morgan fingerprint density at radius 1 is 1.24 bits per heavy atom. The average Bonchev–Trinajstić information content (AvgIpc) is 2.63. The van der Waals surface area contributed by atoms with E-state index in [4.69, 9.17) is 10.7 Å². The van der Waals surface area contributed by atoms with Crippen LogP contribution in [-0.2, 0) is 6.42 Å². The number of anilines is 1. The number of thiazole rings is 1. The largest absolute Gasteiger partial charge is 0.399 e. The number of hydrogen-bond acceptors (Lipinski definition) is 3. The van der Waals surface area contributed by atoms with Gasteiger partial charge in [0.2, 0.25) is 0 Å². The lowest BCUT2D eigenvalue weighted by Gasteiger charge is -2.00. The van der Waals surface area contributed by atoms with E-state index in [0.29, 0.717) is 5.92 Å². The SMILES string of the molecule is Cc1sc(Cc2ccc(N)cc2)nc1C(C)C. The number of nitrogens with two attached hydrogens (primary N) is 1. The summed E-state index contributed by atoms with van der Waals surface area (Å²) in [5.74, 6) is 0.506. The molecule has 0 saturated carbocycles. The summed E-state index contributed by atoms with van der Waals surface area (Å²) in [5.41, 5.74) is 8.99. The Morgan fingerprint density at radius 3 is 2.41 bits per heavy atom. The van der Waals surface area contributed by atoms with E-state index in [1.54, 1.807) is 11.3 Å². The molecule has 1 heterocycles. The Bertz CT molecular complexity index is 497. The van der Waals surface area contributed by atoms with E-state index in [9.17, 15) is 0 Å². The zero-order valence-corrected chi connectivity index (χ0v) is 11.3. The van der Waals surface area contributed by atoms with Crippen molar-refractivity contribution in [2.45, 2.75) is 33.1 Å². The first kappa shape index (κ1) is 12.1. The molecule has 0 amide bonds. The predicted molar refractivity (Wildman–Crippen MR) is 74.6 cm³/mol. The molecule has 1 aromatic heterocycles. The van der Waals surface area contributed by atoms with Crippen LogP contribution in [-0.4, -0.2) is 4.98 Å². The van der Waals surface area contributed by atoms with E-state index in [1.807, 2.05) is 12.1 Å². The van der Waals surface area contributed by atoms with Gasteiger partial charge in [-0.2, -0.15) is 0 Å². The monoisotopic (exact) mass is 246 g/mol. The maximum Gasteiger partial charge on any atom is 0.0974 e. The minimum absolute atomic E-state index is 0.506. The molecule has 0 aliphatic rings. The zero-order valence-electron chi connectivity index (χ0n) is 10.5. The van der Waals surface area contributed by atoms with Gasteiger partial charge in [0.1, 0.15) is 0 Å². The van der Waals surface area contributed by atoms with Crippen LogP contribution in [0.5, 0.6) is 0 Å². The first-order valence-corrected chi connectivity index (χ1v) is 6.68. The number of nitrogen functional groups attached to an aromatic ring is 1. The first-order chi connectivity index (χ1) is 8.06. The molecule has 0 saturated heterocycles. The Balaban J connectivity index is 2.19. The Kier molecular flexibility index (Phi) is 3.48. The molecule has 1 aromatic carbocycles. The smallest absolute Gasteiger partial charge is 0.0974 e. The maximum absolute atomic E-state index is 5.67. The van der Waals surface area contributed by atoms with Gasteiger partial charge in [-0.15, -0.1) is 11.3 Å². The van der Waals surface area contributed by atoms with E-state index in [2.05, 4.69) is 32.9 Å². The molecule has 0 fully saturated rings. The number of benzene rings is 1. The second-order valence-electron chi connectivity index (χ2n) is 4.62. The van der Waals surface area contributed by atoms with Crippen molar-refractivity contribution in [3.63, 3.8) is 0 Å². The molecule has 2 nitrogen and oxygen atoms in total. The molecule has 0 atom stereocenters. The van der Waals surface area contributed by atoms with E-state index in [-0.39, 0.29) is 0 Å². The summed E-state index contributed by atoms with van der Waals surface area (Å²) in [4.78, 5) is 6.05. The van der Waals surface area contributed by atoms with E-state index >= 15 is 0 Å². The van der Waals surface area contributed by atoms with Crippen molar-refractivity contribution >= 4 is 17.0 Å². The number of nitrogens with zero attached hydrogens (tertiary/aromatic N) is 1. The summed E-state index contributed by atoms with van der Waals surface area (Å²) in [6.45, 7) is 6.53. The third-order valence-electron chi connectivity index (χ3n) is 2.76. The average molecular weight is 246 g/mol. The fraction of sp³-hybridized carbons (Fsp3) is 0.357. The van der Waals surface area contributed by atoms with Gasteiger partial charge in [0, 0.05) is 17.0 Å². The zero-order chi connectivity index (χ0) is 12.4. The lowest BCUT2D eigenvalue weighted by Crippen LogP contribution is -1.92. The van der Waals surface area contributed by atoms with Gasteiger partial charge in [0.05, 0.1) is 10.7 Å². The fourth-order valence-electron chi connectivity index (χ4n) is 1.89. The van der Waals surface area contributed by atoms with Crippen molar-refractivity contribution in [3.05, 3.63) is 45.4 Å². The van der Waals surface area contributed by atoms with Crippen LogP contribution in [0.1, 0.15) is 40.9 Å². The standard InChI is InChI=1S/C14H18N2S/c1-9(2)14-10(3)17-13(16-14)8-11-4-6-12(15)7-5-11/h4-7,9H,8,15H2,1-3H3. The molecular weight excluding hydrogens is 228 g/mol. The van der Waals surface area contributed by atoms with Crippen LogP contribution in [0, 0.1) is 6.92 Å². The summed E-state index contributed by atoms with van der Waals surface area (Å²) < 4.78 is 0. The number of rotatable bonds is 3. The van der Waals surface area contributed by atoms with E-state index in [0.717, 1.165) is 12.1 Å². The molecule has 2 aromatic rings. The highest BCUT2D eigenvalue weighted by Gasteiger charge is 2.10. The van der Waals surface area contributed by atoms with Crippen LogP contribution >= 0.6 is 11.3 Å². The van der Waals surface area contributed by atoms with Crippen LogP contribution in [0.15, 0.2) is 24.3 Å². The fourth-order valence-corrected chi connectivity index (χ4v) is 3.01. The van der Waals surface area contributed by atoms with Crippen LogP contribution in [0.3, 0.4) is 0 Å². The van der Waals surface area contributed by atoms with Gasteiger partial charge in [0.15, 0.2) is 0 Å². The van der Waals surface area contributed by atoms with Gasteiger partial charge < -0.3 is 5.73 Å². The molecule has 0 spiro atoms. The Morgan fingerprint density at radius 2 is 1.88 bits per heavy atom. The van der Waals surface area contributed by atoms with E-state index in [1.165, 1.54) is 21.1 Å². The Labute approximate surface area is 107 Å². The molecule has 0 aliphatic carbocycles. The molecular formula is C14H18N2S. The van der Waals surface area contributed by atoms with E-state index < -0.39 is 0 Å². The molecule has 2 rings (SSSR count). The topological polar surface area (TPSA) is 38.9 Å². The van der Waals surface area contributed by atoms with Gasteiger partial charge in [0.25, 0.3) is 0 Å². The molecule has 2 N–H and O–H groups in total. The number of aryl methyl sites for hydroxylation is 1. The maximum atomic E-state index is 5.67. The van der Waals surface area contributed by atoms with Crippen LogP contribution in [0.2, 0.25) is 0 Å². The second-order valence-corrected chi connectivity index (χ2v) is 5.91. The minimum Gasteiger partial charge on any atom is -0.399 e. The number of hydrogen-bond donors (Lipinski definition) is 1. The van der Waals surface area contributed by atoms with Crippen molar-refractivity contribution in [2.24, 2.45) is 0 Å². The highest BCUT2D eigenvalue weighted by atomic mass is 32.1. The molecule has 17 heavy (non-hydrogen) atoms. The van der Waals surface area contributed by atoms with Gasteiger partial charge in [-0.1, -0.05) is 26.0 Å². The second kappa shape index (κ2) is 4.88. The third kappa shape index (κ3) is 2.86. The Hall–Kier alpha value is -1.35. The molecule has 0 bridgehead atoms. The first-order valence-electron chi connectivity index (χ1n) is 5.87. The van der Waals surface area contributed by atoms with Gasteiger partial charge in [-0.25, -0.2) is 4.98 Å². The van der Waals surface area contributed by atoms with Crippen molar-refractivity contribution in [1.29, 1.82) is 0 Å². The summed E-state index contributed by atoms with van der Waals surface area (Å²) in [6.07, 6.45) is 0.901. The summed E-state index contributed by atoms with van der Waals surface area (Å²) in [5, 5.41) is 1.19. The normalized spacial score (nSPS) is 11.1. The molecule has 0 radical (unpaired) electrons. The van der Waals surface area contributed by atoms with Crippen LogP contribution in [0.4, 0.5) is 5.69 Å². The quantitative estimate of drug-likeness (QED) is 0.838. The summed E-state index contributed by atoms with van der Waals surface area (Å²) in [7, 11) is 0. The van der Waals surface area contributed by atoms with Crippen molar-refractivity contribution < 1.29 is 0 Å². The minimum atomic E-state index is 0.506. The molecule has 0 aliphatic heterocycles. The van der Waals surface area contributed by atoms with Gasteiger partial charge >= 0.3 is 0 Å².